The fourth-order valence-electron chi connectivity index (χ4n) is 2.60. The highest BCUT2D eigenvalue weighted by atomic mass is 16.6. The Morgan fingerprint density at radius 2 is 1.10 bits per heavy atom. The molecule has 0 aliphatic carbocycles. The lowest BCUT2D eigenvalue weighted by molar-refractivity contribution is 0.212. The molecule has 0 rings (SSSR count). The molecule has 2 nitrogen and oxygen atoms in total. The zero-order valence-corrected chi connectivity index (χ0v) is 14.3. The van der Waals surface area contributed by atoms with Crippen LogP contribution in [0.3, 0.4) is 0 Å². The maximum Gasteiger partial charge on any atom is 0.106 e. The topological polar surface area (TPSA) is 21.6 Å². The highest BCUT2D eigenvalue weighted by molar-refractivity contribution is 5.81. The summed E-state index contributed by atoms with van der Waals surface area (Å²) in [4.78, 5) is 4.76. The first-order chi connectivity index (χ1) is 9.81. The molecule has 0 aromatic heterocycles. The summed E-state index contributed by atoms with van der Waals surface area (Å²) in [6, 6.07) is 0. The van der Waals surface area contributed by atoms with E-state index in [1.165, 1.54) is 83.5 Å². The molecule has 0 fully saturated rings. The Morgan fingerprint density at radius 1 is 0.700 bits per heavy atom. The van der Waals surface area contributed by atoms with Crippen molar-refractivity contribution >= 4 is 5.71 Å². The summed E-state index contributed by atoms with van der Waals surface area (Å²) >= 11 is 0. The molecule has 0 saturated carbocycles. The molecule has 0 aliphatic rings. The number of oxime groups is 1. The molecular formula is C18H37NO. The van der Waals surface area contributed by atoms with Gasteiger partial charge in [-0.2, -0.15) is 0 Å². The summed E-state index contributed by atoms with van der Waals surface area (Å²) in [6.45, 7) is 4.33. The first-order valence-electron chi connectivity index (χ1n) is 8.88. The summed E-state index contributed by atoms with van der Waals surface area (Å²) in [5.74, 6) is 0. The second-order valence-corrected chi connectivity index (χ2v) is 6.00. The van der Waals surface area contributed by atoms with E-state index in [-0.39, 0.29) is 0 Å². The number of hydrogen-bond donors (Lipinski definition) is 0. The number of nitrogens with zero attached hydrogens (tertiary/aromatic N) is 1. The molecule has 0 saturated heterocycles. The van der Waals surface area contributed by atoms with Crippen molar-refractivity contribution in [3.63, 3.8) is 0 Å². The van der Waals surface area contributed by atoms with Crippen LogP contribution in [-0.4, -0.2) is 12.8 Å². The van der Waals surface area contributed by atoms with E-state index in [1.54, 1.807) is 7.11 Å². The van der Waals surface area contributed by atoms with Gasteiger partial charge >= 0.3 is 0 Å². The lowest BCUT2D eigenvalue weighted by atomic mass is 10.0. The average molecular weight is 283 g/mol. The number of rotatable bonds is 15. The van der Waals surface area contributed by atoms with Gasteiger partial charge in [0, 0.05) is 0 Å². The average Bonchev–Trinajstić information content (AvgIpc) is 2.44. The highest BCUT2D eigenvalue weighted by Crippen LogP contribution is 2.13. The molecule has 0 heterocycles. The van der Waals surface area contributed by atoms with Crippen LogP contribution in [0.2, 0.25) is 0 Å². The largest absolute Gasteiger partial charge is 0.399 e. The van der Waals surface area contributed by atoms with Crippen LogP contribution in [0.15, 0.2) is 5.16 Å². The first-order valence-corrected chi connectivity index (χ1v) is 8.88. The summed E-state index contributed by atoms with van der Waals surface area (Å²) in [5.41, 5.74) is 1.12. The van der Waals surface area contributed by atoms with Gasteiger partial charge in [0.15, 0.2) is 0 Å². The van der Waals surface area contributed by atoms with E-state index >= 15 is 0 Å². The fourth-order valence-corrected chi connectivity index (χ4v) is 2.60. The van der Waals surface area contributed by atoms with E-state index in [0.29, 0.717) is 0 Å². The van der Waals surface area contributed by atoms with Crippen LogP contribution in [-0.2, 0) is 4.84 Å². The molecule has 20 heavy (non-hydrogen) atoms. The monoisotopic (exact) mass is 283 g/mol. The molecule has 2 heteroatoms. The normalized spacial score (nSPS) is 11.8. The number of unbranched alkanes of at least 4 members (excludes halogenated alkanes) is 12. The Balaban J connectivity index is 3.04. The number of hydrogen-bond acceptors (Lipinski definition) is 2. The third kappa shape index (κ3) is 15.5. The molecule has 0 aromatic rings. The minimum atomic E-state index is 1.09. The molecule has 0 atom stereocenters. The second kappa shape index (κ2) is 16.5. The predicted molar refractivity (Wildman–Crippen MR) is 90.4 cm³/mol. The van der Waals surface area contributed by atoms with Crippen molar-refractivity contribution in [3.05, 3.63) is 0 Å². The molecule has 0 amide bonds. The Morgan fingerprint density at radius 3 is 1.50 bits per heavy atom. The zero-order valence-electron chi connectivity index (χ0n) is 14.3. The van der Waals surface area contributed by atoms with Gasteiger partial charge in [-0.1, -0.05) is 89.1 Å². The maximum absolute atomic E-state index is 4.76. The minimum Gasteiger partial charge on any atom is -0.399 e. The molecular weight excluding hydrogens is 246 g/mol. The van der Waals surface area contributed by atoms with Gasteiger partial charge in [-0.3, -0.25) is 0 Å². The Hall–Kier alpha value is -0.530. The third-order valence-corrected chi connectivity index (χ3v) is 3.89. The highest BCUT2D eigenvalue weighted by Gasteiger charge is 1.95. The van der Waals surface area contributed by atoms with Crippen molar-refractivity contribution in [2.75, 3.05) is 7.11 Å². The van der Waals surface area contributed by atoms with Crippen LogP contribution in [0.4, 0.5) is 0 Å². The van der Waals surface area contributed by atoms with E-state index < -0.39 is 0 Å². The Bertz CT molecular complexity index is 213. The second-order valence-electron chi connectivity index (χ2n) is 6.00. The van der Waals surface area contributed by atoms with E-state index in [1.807, 2.05) is 6.92 Å². The van der Waals surface area contributed by atoms with Gasteiger partial charge < -0.3 is 4.84 Å². The van der Waals surface area contributed by atoms with Gasteiger partial charge in [0.1, 0.15) is 7.11 Å². The minimum absolute atomic E-state index is 1.09. The van der Waals surface area contributed by atoms with E-state index in [2.05, 4.69) is 12.1 Å². The summed E-state index contributed by atoms with van der Waals surface area (Å²) < 4.78 is 0. The molecule has 0 spiro atoms. The molecule has 120 valence electrons. The van der Waals surface area contributed by atoms with Crippen molar-refractivity contribution in [2.45, 2.75) is 104 Å². The van der Waals surface area contributed by atoms with Crippen LogP contribution in [0, 0.1) is 0 Å². The quantitative estimate of drug-likeness (QED) is 0.191. The maximum atomic E-state index is 4.76. The fraction of sp³-hybridized carbons (Fsp3) is 0.944. The van der Waals surface area contributed by atoms with Gasteiger partial charge in [-0.25, -0.2) is 0 Å². The Labute approximate surface area is 127 Å². The van der Waals surface area contributed by atoms with Gasteiger partial charge in [-0.15, -0.1) is 0 Å². The van der Waals surface area contributed by atoms with E-state index in [0.717, 1.165) is 12.1 Å². The molecule has 0 aromatic carbocycles. The van der Waals surface area contributed by atoms with Crippen LogP contribution in [0.25, 0.3) is 0 Å². The third-order valence-electron chi connectivity index (χ3n) is 3.89. The zero-order chi connectivity index (χ0) is 14.9. The van der Waals surface area contributed by atoms with Gasteiger partial charge in [-0.05, 0) is 19.8 Å². The molecule has 0 bridgehead atoms. The van der Waals surface area contributed by atoms with E-state index in [4.69, 9.17) is 4.84 Å². The standard InChI is InChI=1S/C18H37NO/c1-4-5-6-7-8-9-10-11-12-13-14-15-16-17-18(2)19-20-3/h4-17H2,1-3H3. The molecule has 0 N–H and O–H groups in total. The van der Waals surface area contributed by atoms with E-state index in [9.17, 15) is 0 Å². The SMILES string of the molecule is CCCCCCCCCCCCCCCC(C)=NOC. The van der Waals surface area contributed by atoms with Crippen LogP contribution in [0.1, 0.15) is 104 Å². The molecule has 0 aliphatic heterocycles. The van der Waals surface area contributed by atoms with Gasteiger partial charge in [0.2, 0.25) is 0 Å². The first kappa shape index (κ1) is 19.5. The predicted octanol–water partition coefficient (Wildman–Crippen LogP) is 6.49. The smallest absolute Gasteiger partial charge is 0.106 e. The summed E-state index contributed by atoms with van der Waals surface area (Å²) in [5, 5.41) is 3.94. The lowest BCUT2D eigenvalue weighted by Gasteiger charge is -2.03. The molecule has 0 unspecified atom stereocenters. The van der Waals surface area contributed by atoms with Crippen molar-refractivity contribution in [1.82, 2.24) is 0 Å². The lowest BCUT2D eigenvalue weighted by Crippen LogP contribution is -1.92. The van der Waals surface area contributed by atoms with Crippen molar-refractivity contribution in [3.8, 4) is 0 Å². The van der Waals surface area contributed by atoms with Crippen LogP contribution >= 0.6 is 0 Å². The Kier molecular flexibility index (Phi) is 16.1. The van der Waals surface area contributed by atoms with Crippen molar-refractivity contribution < 1.29 is 4.84 Å². The molecule has 0 radical (unpaired) electrons. The van der Waals surface area contributed by atoms with Crippen molar-refractivity contribution in [1.29, 1.82) is 0 Å². The van der Waals surface area contributed by atoms with Gasteiger partial charge in [0.25, 0.3) is 0 Å². The van der Waals surface area contributed by atoms with Crippen LogP contribution < -0.4 is 0 Å². The summed E-state index contributed by atoms with van der Waals surface area (Å²) in [6.07, 6.45) is 19.4. The summed E-state index contributed by atoms with van der Waals surface area (Å²) in [7, 11) is 1.62. The van der Waals surface area contributed by atoms with Gasteiger partial charge in [0.05, 0.1) is 5.71 Å². The van der Waals surface area contributed by atoms with Crippen molar-refractivity contribution in [2.24, 2.45) is 5.16 Å². The van der Waals surface area contributed by atoms with Crippen LogP contribution in [0.5, 0.6) is 0 Å².